The normalized spacial score (nSPS) is 11.3. The van der Waals surface area contributed by atoms with E-state index >= 15 is 0 Å². The summed E-state index contributed by atoms with van der Waals surface area (Å²) < 4.78 is 5.83. The van der Waals surface area contributed by atoms with Gasteiger partial charge < -0.3 is 4.74 Å². The molecule has 0 amide bonds. The van der Waals surface area contributed by atoms with Gasteiger partial charge >= 0.3 is 0 Å². The van der Waals surface area contributed by atoms with Gasteiger partial charge in [-0.2, -0.15) is 0 Å². The molecule has 0 atom stereocenters. The van der Waals surface area contributed by atoms with Crippen molar-refractivity contribution in [1.82, 2.24) is 0 Å². The zero-order valence-corrected chi connectivity index (χ0v) is 17.6. The van der Waals surface area contributed by atoms with Gasteiger partial charge in [0, 0.05) is 10.6 Å². The number of ether oxygens (including phenoxy) is 1. The van der Waals surface area contributed by atoms with Gasteiger partial charge in [0.05, 0.1) is 6.61 Å². The quantitative estimate of drug-likeness (QED) is 0.226. The van der Waals surface area contributed by atoms with Gasteiger partial charge in [0.2, 0.25) is 0 Å². The minimum Gasteiger partial charge on any atom is -0.494 e. The van der Waals surface area contributed by atoms with Gasteiger partial charge in [-0.25, -0.2) is 0 Å². The predicted molar refractivity (Wildman–Crippen MR) is 122 cm³/mol. The summed E-state index contributed by atoms with van der Waals surface area (Å²) in [7, 11) is 0. The molecule has 0 N–H and O–H groups in total. The molecule has 0 spiro atoms. The average molecular weight is 405 g/mol. The van der Waals surface area contributed by atoms with Crippen molar-refractivity contribution in [2.75, 3.05) is 6.61 Å². The van der Waals surface area contributed by atoms with Gasteiger partial charge in [-0.1, -0.05) is 48.0 Å². The molecule has 0 aliphatic heterocycles. The van der Waals surface area contributed by atoms with E-state index in [-0.39, 0.29) is 0 Å². The number of carbonyl (C=O) groups is 1. The van der Waals surface area contributed by atoms with E-state index in [1.165, 1.54) is 22.3 Å². The first-order chi connectivity index (χ1) is 14.0. The number of aryl methyl sites for hydroxylation is 2. The molecular weight excluding hydrogens is 380 g/mol. The first-order valence-electron chi connectivity index (χ1n) is 9.77. The topological polar surface area (TPSA) is 26.3 Å². The summed E-state index contributed by atoms with van der Waals surface area (Å²) in [5.41, 5.74) is 6.78. The highest BCUT2D eigenvalue weighted by Crippen LogP contribution is 2.26. The smallest absolute Gasteiger partial charge is 0.150 e. The van der Waals surface area contributed by atoms with E-state index in [1.807, 2.05) is 30.3 Å². The Hall–Kier alpha value is -2.84. The second kappa shape index (κ2) is 10.1. The molecule has 3 aromatic rings. The van der Waals surface area contributed by atoms with Crippen molar-refractivity contribution in [3.8, 4) is 5.75 Å². The van der Waals surface area contributed by atoms with Gasteiger partial charge in [-0.3, -0.25) is 4.79 Å². The second-order valence-corrected chi connectivity index (χ2v) is 7.60. The molecule has 3 heteroatoms. The summed E-state index contributed by atoms with van der Waals surface area (Å²) >= 11 is 6.23. The Bertz CT molecular complexity index is 1000. The zero-order valence-electron chi connectivity index (χ0n) is 16.8. The monoisotopic (exact) mass is 404 g/mol. The van der Waals surface area contributed by atoms with E-state index in [0.717, 1.165) is 35.5 Å². The predicted octanol–water partition coefficient (Wildman–Crippen LogP) is 7.17. The van der Waals surface area contributed by atoms with E-state index in [2.05, 4.69) is 44.2 Å². The van der Waals surface area contributed by atoms with Gasteiger partial charge in [0.25, 0.3) is 0 Å². The van der Waals surface area contributed by atoms with Crippen LogP contribution >= 0.6 is 11.6 Å². The van der Waals surface area contributed by atoms with E-state index in [4.69, 9.17) is 16.3 Å². The lowest BCUT2D eigenvalue weighted by Gasteiger charge is -2.11. The average Bonchev–Trinajstić information content (AvgIpc) is 2.73. The minimum absolute atomic E-state index is 0.602. The van der Waals surface area contributed by atoms with Crippen LogP contribution in [0.4, 0.5) is 0 Å². The molecule has 29 heavy (non-hydrogen) atoms. The van der Waals surface area contributed by atoms with Gasteiger partial charge in [0.15, 0.2) is 0 Å². The van der Waals surface area contributed by atoms with Crippen molar-refractivity contribution in [3.63, 3.8) is 0 Å². The van der Waals surface area contributed by atoms with Gasteiger partial charge in [-0.05, 0) is 90.9 Å². The molecule has 0 bridgehead atoms. The van der Waals surface area contributed by atoms with Crippen LogP contribution in [0.5, 0.6) is 5.75 Å². The molecule has 0 fully saturated rings. The van der Waals surface area contributed by atoms with Crippen LogP contribution in [0.15, 0.2) is 66.7 Å². The van der Waals surface area contributed by atoms with Crippen molar-refractivity contribution in [2.24, 2.45) is 0 Å². The summed E-state index contributed by atoms with van der Waals surface area (Å²) in [6.07, 6.45) is 4.81. The lowest BCUT2D eigenvalue weighted by Crippen LogP contribution is -1.98. The summed E-state index contributed by atoms with van der Waals surface area (Å²) in [6, 6.07) is 21.7. The molecule has 3 aromatic carbocycles. The number of halogens is 1. The van der Waals surface area contributed by atoms with E-state index in [9.17, 15) is 4.79 Å². The van der Waals surface area contributed by atoms with Crippen LogP contribution in [-0.2, 0) is 0 Å². The highest BCUT2D eigenvalue weighted by atomic mass is 35.5. The second-order valence-electron chi connectivity index (χ2n) is 7.16. The number of aldehydes is 1. The lowest BCUT2D eigenvalue weighted by atomic mass is 9.97. The lowest BCUT2D eigenvalue weighted by molar-refractivity contribution is 0.112. The summed E-state index contributed by atoms with van der Waals surface area (Å²) in [5.74, 6) is 0.776. The molecule has 0 aliphatic rings. The van der Waals surface area contributed by atoms with Crippen molar-refractivity contribution in [2.45, 2.75) is 26.7 Å². The Kier molecular flexibility index (Phi) is 7.26. The molecule has 148 valence electrons. The molecular formula is C26H25ClO2. The van der Waals surface area contributed by atoms with Crippen molar-refractivity contribution in [1.29, 1.82) is 0 Å². The third kappa shape index (κ3) is 6.07. The molecule has 0 unspecified atom stereocenters. The Morgan fingerprint density at radius 3 is 2.38 bits per heavy atom. The van der Waals surface area contributed by atoms with E-state index in [1.54, 1.807) is 12.1 Å². The number of hydrogen-bond donors (Lipinski definition) is 0. The zero-order chi connectivity index (χ0) is 20.6. The molecule has 0 heterocycles. The van der Waals surface area contributed by atoms with Crippen molar-refractivity contribution >= 4 is 29.5 Å². The summed E-state index contributed by atoms with van der Waals surface area (Å²) in [5, 5.41) is 0.736. The molecule has 0 saturated heterocycles. The minimum atomic E-state index is 0.602. The third-order valence-corrected chi connectivity index (χ3v) is 5.18. The maximum Gasteiger partial charge on any atom is 0.150 e. The van der Waals surface area contributed by atoms with Gasteiger partial charge in [-0.15, -0.1) is 0 Å². The first kappa shape index (κ1) is 20.9. The van der Waals surface area contributed by atoms with Crippen LogP contribution in [0.3, 0.4) is 0 Å². The first-order valence-corrected chi connectivity index (χ1v) is 10.1. The van der Waals surface area contributed by atoms with Crippen molar-refractivity contribution in [3.05, 3.63) is 99.6 Å². The number of benzene rings is 3. The van der Waals surface area contributed by atoms with Crippen LogP contribution < -0.4 is 4.74 Å². The largest absolute Gasteiger partial charge is 0.494 e. The van der Waals surface area contributed by atoms with Gasteiger partial charge in [0.1, 0.15) is 12.0 Å². The fourth-order valence-electron chi connectivity index (χ4n) is 3.14. The maximum atomic E-state index is 10.7. The van der Waals surface area contributed by atoms with Crippen LogP contribution in [-0.4, -0.2) is 12.9 Å². The summed E-state index contributed by atoms with van der Waals surface area (Å²) in [6.45, 7) is 4.86. The number of hydrogen-bond acceptors (Lipinski definition) is 2. The number of rotatable bonds is 8. The van der Waals surface area contributed by atoms with Crippen molar-refractivity contribution < 1.29 is 9.53 Å². The Balaban J connectivity index is 1.71. The fourth-order valence-corrected chi connectivity index (χ4v) is 3.33. The Morgan fingerprint density at radius 1 is 0.931 bits per heavy atom. The summed E-state index contributed by atoms with van der Waals surface area (Å²) in [4.78, 5) is 10.7. The van der Waals surface area contributed by atoms with E-state index in [0.29, 0.717) is 12.2 Å². The standard InChI is InChI=1S/C26H25ClO2/c1-19-8-9-22(15-20(19)2)16-23(24-5-3-7-25(27)17-24)6-4-14-29-26-12-10-21(18-28)11-13-26/h3,5,7-13,15-18H,4,6,14H2,1-2H3/b23-16+. The third-order valence-electron chi connectivity index (χ3n) is 4.94. The highest BCUT2D eigenvalue weighted by molar-refractivity contribution is 6.30. The van der Waals surface area contributed by atoms with Crippen LogP contribution in [0, 0.1) is 13.8 Å². The van der Waals surface area contributed by atoms with E-state index < -0.39 is 0 Å². The fraction of sp³-hybridized carbons (Fsp3) is 0.192. The SMILES string of the molecule is Cc1ccc(/C=C(\CCCOc2ccc(C=O)cc2)c2cccc(Cl)c2)cc1C. The Labute approximate surface area is 177 Å². The van der Waals surface area contributed by atoms with Crippen LogP contribution in [0.2, 0.25) is 5.02 Å². The molecule has 3 rings (SSSR count). The highest BCUT2D eigenvalue weighted by Gasteiger charge is 2.05. The Morgan fingerprint density at radius 2 is 1.69 bits per heavy atom. The van der Waals surface area contributed by atoms with Crippen LogP contribution in [0.1, 0.15) is 45.5 Å². The molecule has 0 saturated carbocycles. The molecule has 0 aromatic heterocycles. The number of allylic oxidation sites excluding steroid dienone is 1. The van der Waals surface area contributed by atoms with Crippen LogP contribution in [0.25, 0.3) is 11.6 Å². The molecule has 0 aliphatic carbocycles. The number of carbonyl (C=O) groups excluding carboxylic acids is 1. The molecule has 0 radical (unpaired) electrons. The molecule has 2 nitrogen and oxygen atoms in total. The maximum absolute atomic E-state index is 10.7.